The maximum atomic E-state index is 5.90. The Balaban J connectivity index is 2.04. The quantitative estimate of drug-likeness (QED) is 0.761. The Morgan fingerprint density at radius 2 is 2.38 bits per heavy atom. The molecule has 3 heterocycles. The van der Waals surface area contributed by atoms with Crippen molar-refractivity contribution < 1.29 is 4.42 Å². The van der Waals surface area contributed by atoms with Crippen LogP contribution < -0.4 is 0 Å². The van der Waals surface area contributed by atoms with Crippen molar-refractivity contribution in [1.82, 2.24) is 9.88 Å². The second kappa shape index (κ2) is 3.75. The highest BCUT2D eigenvalue weighted by molar-refractivity contribution is 6.31. The monoisotopic (exact) mass is 236 g/mol. The molecular weight excluding hydrogens is 224 g/mol. The fraction of sp³-hybridized carbons (Fsp3) is 0.417. The lowest BCUT2D eigenvalue weighted by Gasteiger charge is -2.16. The SMILES string of the molecule is CN1CCCC1c1cc2cc(Cl)cnc2o1. The van der Waals surface area contributed by atoms with Gasteiger partial charge in [0.05, 0.1) is 11.1 Å². The first-order valence-corrected chi connectivity index (χ1v) is 5.87. The number of likely N-dealkylation sites (tertiary alicyclic amines) is 1. The molecule has 1 atom stereocenters. The standard InChI is InChI=1S/C12H13ClN2O/c1-15-4-2-3-10(15)11-6-8-5-9(13)7-14-12(8)16-11/h5-7,10H,2-4H2,1H3. The molecule has 84 valence electrons. The van der Waals surface area contributed by atoms with Crippen molar-refractivity contribution in [3.63, 3.8) is 0 Å². The Labute approximate surface area is 99.0 Å². The first kappa shape index (κ1) is 10.1. The molecule has 2 aromatic heterocycles. The van der Waals surface area contributed by atoms with E-state index in [2.05, 4.69) is 23.0 Å². The molecule has 3 rings (SSSR count). The summed E-state index contributed by atoms with van der Waals surface area (Å²) in [5, 5.41) is 1.64. The van der Waals surface area contributed by atoms with E-state index in [1.54, 1.807) is 6.20 Å². The Kier molecular flexibility index (Phi) is 2.37. The summed E-state index contributed by atoms with van der Waals surface area (Å²) in [5.41, 5.74) is 0.680. The summed E-state index contributed by atoms with van der Waals surface area (Å²) in [7, 11) is 2.13. The summed E-state index contributed by atoms with van der Waals surface area (Å²) in [6.07, 6.45) is 4.01. The molecule has 1 aliphatic heterocycles. The maximum Gasteiger partial charge on any atom is 0.226 e. The third-order valence-electron chi connectivity index (χ3n) is 3.21. The van der Waals surface area contributed by atoms with Crippen LogP contribution in [-0.4, -0.2) is 23.5 Å². The van der Waals surface area contributed by atoms with Crippen LogP contribution in [0.4, 0.5) is 0 Å². The van der Waals surface area contributed by atoms with Crippen LogP contribution in [0.25, 0.3) is 11.1 Å². The van der Waals surface area contributed by atoms with Gasteiger partial charge in [0.1, 0.15) is 5.76 Å². The van der Waals surface area contributed by atoms with Crippen LogP contribution in [0.15, 0.2) is 22.7 Å². The van der Waals surface area contributed by atoms with E-state index in [1.807, 2.05) is 6.07 Å². The molecule has 2 aromatic rings. The van der Waals surface area contributed by atoms with Gasteiger partial charge in [-0.2, -0.15) is 0 Å². The van der Waals surface area contributed by atoms with Gasteiger partial charge in [-0.15, -0.1) is 0 Å². The second-order valence-electron chi connectivity index (χ2n) is 4.34. The first-order chi connectivity index (χ1) is 7.74. The Hall–Kier alpha value is -1.06. The van der Waals surface area contributed by atoms with Gasteiger partial charge < -0.3 is 4.42 Å². The molecule has 0 bridgehead atoms. The zero-order valence-corrected chi connectivity index (χ0v) is 9.87. The molecule has 0 aromatic carbocycles. The molecule has 0 radical (unpaired) electrons. The van der Waals surface area contributed by atoms with Crippen LogP contribution in [0, 0.1) is 0 Å². The van der Waals surface area contributed by atoms with E-state index >= 15 is 0 Å². The van der Waals surface area contributed by atoms with Crippen LogP contribution >= 0.6 is 11.6 Å². The number of furan rings is 1. The fourth-order valence-corrected chi connectivity index (χ4v) is 2.53. The minimum absolute atomic E-state index is 0.396. The summed E-state index contributed by atoms with van der Waals surface area (Å²) in [5.74, 6) is 1.00. The Bertz CT molecular complexity index is 523. The molecule has 16 heavy (non-hydrogen) atoms. The van der Waals surface area contributed by atoms with Crippen molar-refractivity contribution in [2.24, 2.45) is 0 Å². The predicted octanol–water partition coefficient (Wildman–Crippen LogP) is 3.25. The van der Waals surface area contributed by atoms with Crippen molar-refractivity contribution in [1.29, 1.82) is 0 Å². The number of fused-ring (bicyclic) bond motifs is 1. The summed E-state index contributed by atoms with van der Waals surface area (Å²) in [6, 6.07) is 4.35. The second-order valence-corrected chi connectivity index (χ2v) is 4.77. The molecule has 1 aliphatic rings. The van der Waals surface area contributed by atoms with Crippen molar-refractivity contribution in [2.75, 3.05) is 13.6 Å². The number of hydrogen-bond acceptors (Lipinski definition) is 3. The molecule has 0 N–H and O–H groups in total. The van der Waals surface area contributed by atoms with Crippen LogP contribution in [0.1, 0.15) is 24.6 Å². The van der Waals surface area contributed by atoms with Gasteiger partial charge in [-0.25, -0.2) is 4.98 Å². The van der Waals surface area contributed by atoms with Gasteiger partial charge in [-0.1, -0.05) is 11.6 Å². The molecule has 1 saturated heterocycles. The highest BCUT2D eigenvalue weighted by Gasteiger charge is 2.25. The number of nitrogens with zero attached hydrogens (tertiary/aromatic N) is 2. The number of rotatable bonds is 1. The van der Waals surface area contributed by atoms with E-state index in [0.29, 0.717) is 16.8 Å². The number of halogens is 1. The third-order valence-corrected chi connectivity index (χ3v) is 3.41. The summed E-state index contributed by atoms with van der Waals surface area (Å²) >= 11 is 5.90. The minimum atomic E-state index is 0.396. The molecule has 3 nitrogen and oxygen atoms in total. The van der Waals surface area contributed by atoms with Crippen LogP contribution in [0.2, 0.25) is 5.02 Å². The Morgan fingerprint density at radius 1 is 1.50 bits per heavy atom. The maximum absolute atomic E-state index is 5.90. The number of hydrogen-bond donors (Lipinski definition) is 0. The first-order valence-electron chi connectivity index (χ1n) is 5.49. The minimum Gasteiger partial charge on any atom is -0.441 e. The van der Waals surface area contributed by atoms with Crippen molar-refractivity contribution in [3.05, 3.63) is 29.1 Å². The van der Waals surface area contributed by atoms with Gasteiger partial charge in [-0.05, 0) is 38.6 Å². The smallest absolute Gasteiger partial charge is 0.226 e. The van der Waals surface area contributed by atoms with E-state index in [9.17, 15) is 0 Å². The molecule has 1 unspecified atom stereocenters. The zero-order valence-electron chi connectivity index (χ0n) is 9.11. The third kappa shape index (κ3) is 1.60. The van der Waals surface area contributed by atoms with Gasteiger partial charge >= 0.3 is 0 Å². The van der Waals surface area contributed by atoms with Gasteiger partial charge in [0.15, 0.2) is 0 Å². The summed E-state index contributed by atoms with van der Waals surface area (Å²) < 4.78 is 5.77. The van der Waals surface area contributed by atoms with Crippen molar-refractivity contribution >= 4 is 22.7 Å². The number of aromatic nitrogens is 1. The van der Waals surface area contributed by atoms with E-state index in [-0.39, 0.29) is 0 Å². The topological polar surface area (TPSA) is 29.3 Å². The van der Waals surface area contributed by atoms with Gasteiger partial charge in [0, 0.05) is 11.6 Å². The largest absolute Gasteiger partial charge is 0.441 e. The van der Waals surface area contributed by atoms with Crippen molar-refractivity contribution in [2.45, 2.75) is 18.9 Å². The van der Waals surface area contributed by atoms with Gasteiger partial charge in [0.25, 0.3) is 0 Å². The van der Waals surface area contributed by atoms with Crippen LogP contribution in [0.3, 0.4) is 0 Å². The molecule has 0 spiro atoms. The lowest BCUT2D eigenvalue weighted by Crippen LogP contribution is -2.16. The fourth-order valence-electron chi connectivity index (χ4n) is 2.36. The van der Waals surface area contributed by atoms with Gasteiger partial charge in [-0.3, -0.25) is 4.90 Å². The van der Waals surface area contributed by atoms with E-state index in [0.717, 1.165) is 24.1 Å². The van der Waals surface area contributed by atoms with E-state index in [4.69, 9.17) is 16.0 Å². The summed E-state index contributed by atoms with van der Waals surface area (Å²) in [4.78, 5) is 6.50. The van der Waals surface area contributed by atoms with Gasteiger partial charge in [0.2, 0.25) is 5.71 Å². The van der Waals surface area contributed by atoms with E-state index in [1.165, 1.54) is 6.42 Å². The lowest BCUT2D eigenvalue weighted by molar-refractivity contribution is 0.280. The average molecular weight is 237 g/mol. The normalized spacial score (nSPS) is 22.0. The molecule has 4 heteroatoms. The highest BCUT2D eigenvalue weighted by atomic mass is 35.5. The lowest BCUT2D eigenvalue weighted by atomic mass is 10.1. The van der Waals surface area contributed by atoms with Crippen LogP contribution in [-0.2, 0) is 0 Å². The molecule has 0 amide bonds. The molecular formula is C12H13ClN2O. The zero-order chi connectivity index (χ0) is 11.1. The van der Waals surface area contributed by atoms with Crippen LogP contribution in [0.5, 0.6) is 0 Å². The Morgan fingerprint density at radius 3 is 3.12 bits per heavy atom. The molecule has 0 saturated carbocycles. The summed E-state index contributed by atoms with van der Waals surface area (Å²) in [6.45, 7) is 1.13. The molecule has 0 aliphatic carbocycles. The molecule has 1 fully saturated rings. The number of pyridine rings is 1. The average Bonchev–Trinajstić information content (AvgIpc) is 2.82. The van der Waals surface area contributed by atoms with E-state index < -0.39 is 0 Å². The highest BCUT2D eigenvalue weighted by Crippen LogP contribution is 2.33. The predicted molar refractivity (Wildman–Crippen MR) is 63.6 cm³/mol. The van der Waals surface area contributed by atoms with Crippen molar-refractivity contribution in [3.8, 4) is 0 Å².